The van der Waals surface area contributed by atoms with E-state index in [9.17, 15) is 0 Å². The number of benzene rings is 1. The van der Waals surface area contributed by atoms with Crippen molar-refractivity contribution in [3.8, 4) is 0 Å². The van der Waals surface area contributed by atoms with Crippen LogP contribution in [0, 0.1) is 5.92 Å². The second-order valence-electron chi connectivity index (χ2n) is 10.5. The minimum absolute atomic E-state index is 0.0106. The molecular weight excluding hydrogens is 400 g/mol. The molecule has 2 unspecified atom stereocenters. The van der Waals surface area contributed by atoms with Crippen LogP contribution in [0.5, 0.6) is 0 Å². The number of ether oxygens (including phenoxy) is 1. The predicted octanol–water partition coefficient (Wildman–Crippen LogP) is 9.35. The molecule has 1 aromatic carbocycles. The summed E-state index contributed by atoms with van der Waals surface area (Å²) in [5, 5.41) is 0. The van der Waals surface area contributed by atoms with E-state index >= 15 is 0 Å². The number of fused-ring (bicyclic) bond motifs is 1. The summed E-state index contributed by atoms with van der Waals surface area (Å²) >= 11 is 0. The number of unbranched alkanes of at least 4 members (excludes halogenated alkanes) is 3. The fourth-order valence-electron chi connectivity index (χ4n) is 5.00. The van der Waals surface area contributed by atoms with E-state index < -0.39 is 0 Å². The average Bonchev–Trinajstić information content (AvgIpc) is 3.37. The molecule has 1 aromatic rings. The maximum absolute atomic E-state index is 5.83. The van der Waals surface area contributed by atoms with Crippen molar-refractivity contribution < 1.29 is 4.74 Å². The molecule has 3 rings (SSSR count). The standard InChI is InChI=1S/C32H44O/c1-6-14-27(15-7-2)30-24-28-17-11-12-18-29(28)31(30)23-26-20-19-25(22-26)16-10-8-9-13-21-33-32(3,4)5/h6,11-12,14-15,17-20,22,24,26,31H,7-10,13,16,21,23H2,1-5H3/b14-6-,27-15+. The molecule has 178 valence electrons. The highest BCUT2D eigenvalue weighted by Gasteiger charge is 2.28. The molecule has 0 N–H and O–H groups in total. The normalized spacial score (nSPS) is 20.5. The third kappa shape index (κ3) is 7.71. The minimum atomic E-state index is -0.0106. The van der Waals surface area contributed by atoms with Gasteiger partial charge in [-0.3, -0.25) is 0 Å². The molecule has 0 aliphatic heterocycles. The van der Waals surface area contributed by atoms with Gasteiger partial charge in [0, 0.05) is 12.5 Å². The molecule has 0 radical (unpaired) electrons. The summed E-state index contributed by atoms with van der Waals surface area (Å²) in [6.07, 6.45) is 25.0. The van der Waals surface area contributed by atoms with Crippen LogP contribution < -0.4 is 0 Å². The molecule has 0 amide bonds. The minimum Gasteiger partial charge on any atom is -0.376 e. The van der Waals surface area contributed by atoms with Gasteiger partial charge in [-0.25, -0.2) is 0 Å². The number of hydrogen-bond donors (Lipinski definition) is 0. The summed E-state index contributed by atoms with van der Waals surface area (Å²) in [5.74, 6) is 1.01. The number of allylic oxidation sites excluding steroid dienone is 9. The van der Waals surface area contributed by atoms with Gasteiger partial charge in [-0.05, 0) is 88.0 Å². The number of rotatable bonds is 12. The van der Waals surface area contributed by atoms with Crippen molar-refractivity contribution in [1.29, 1.82) is 0 Å². The molecular formula is C32H44O. The Hall–Kier alpha value is -2.12. The summed E-state index contributed by atoms with van der Waals surface area (Å²) in [7, 11) is 0. The molecule has 2 aliphatic carbocycles. The van der Waals surface area contributed by atoms with E-state index in [1.165, 1.54) is 60.0 Å². The summed E-state index contributed by atoms with van der Waals surface area (Å²) in [6, 6.07) is 8.96. The quantitative estimate of drug-likeness (QED) is 0.230. The van der Waals surface area contributed by atoms with Gasteiger partial charge in [0.2, 0.25) is 0 Å². The lowest BCUT2D eigenvalue weighted by atomic mass is 9.83. The molecule has 0 bridgehead atoms. The molecule has 2 aliphatic rings. The van der Waals surface area contributed by atoms with Crippen LogP contribution in [0.25, 0.3) is 6.08 Å². The van der Waals surface area contributed by atoms with Gasteiger partial charge in [0.1, 0.15) is 0 Å². The van der Waals surface area contributed by atoms with Gasteiger partial charge in [0.15, 0.2) is 0 Å². The summed E-state index contributed by atoms with van der Waals surface area (Å²) < 4.78 is 5.83. The van der Waals surface area contributed by atoms with Crippen LogP contribution in [0.2, 0.25) is 0 Å². The first kappa shape index (κ1) is 25.5. The molecule has 33 heavy (non-hydrogen) atoms. The Bertz CT molecular complexity index is 916. The topological polar surface area (TPSA) is 9.23 Å². The Labute approximate surface area is 203 Å². The first-order chi connectivity index (χ1) is 15.9. The monoisotopic (exact) mass is 444 g/mol. The van der Waals surface area contributed by atoms with Gasteiger partial charge in [-0.2, -0.15) is 0 Å². The van der Waals surface area contributed by atoms with Crippen LogP contribution in [0.15, 0.2) is 77.4 Å². The zero-order chi connectivity index (χ0) is 23.7. The van der Waals surface area contributed by atoms with Crippen molar-refractivity contribution in [3.63, 3.8) is 0 Å². The van der Waals surface area contributed by atoms with Gasteiger partial charge < -0.3 is 4.74 Å². The third-order valence-electron chi connectivity index (χ3n) is 6.55. The first-order valence-electron chi connectivity index (χ1n) is 13.1. The predicted molar refractivity (Wildman–Crippen MR) is 144 cm³/mol. The lowest BCUT2D eigenvalue weighted by Crippen LogP contribution is -2.19. The van der Waals surface area contributed by atoms with E-state index in [4.69, 9.17) is 4.74 Å². The highest BCUT2D eigenvalue weighted by atomic mass is 16.5. The molecule has 0 fully saturated rings. The molecule has 0 saturated heterocycles. The summed E-state index contributed by atoms with van der Waals surface area (Å²) in [4.78, 5) is 0. The molecule has 1 heteroatoms. The maximum Gasteiger partial charge on any atom is 0.0598 e. The van der Waals surface area contributed by atoms with Crippen LogP contribution in [0.1, 0.15) is 96.6 Å². The Balaban J connectivity index is 1.55. The second kappa shape index (κ2) is 12.4. The van der Waals surface area contributed by atoms with E-state index in [0.29, 0.717) is 11.8 Å². The third-order valence-corrected chi connectivity index (χ3v) is 6.55. The maximum atomic E-state index is 5.83. The molecule has 0 spiro atoms. The van der Waals surface area contributed by atoms with Gasteiger partial charge in [-0.15, -0.1) is 0 Å². The fraction of sp³-hybridized carbons (Fsp3) is 0.500. The smallest absolute Gasteiger partial charge is 0.0598 e. The Morgan fingerprint density at radius 3 is 2.61 bits per heavy atom. The zero-order valence-electron chi connectivity index (χ0n) is 21.6. The Morgan fingerprint density at radius 1 is 1.06 bits per heavy atom. The highest BCUT2D eigenvalue weighted by Crippen LogP contribution is 2.45. The van der Waals surface area contributed by atoms with E-state index in [2.05, 4.69) is 101 Å². The Kier molecular flexibility index (Phi) is 9.56. The SMILES string of the molecule is C/C=C\C(=C/CC)C1=Cc2ccccc2C1CC1C=CC(CCCCCCOC(C)(C)C)=C1. The second-order valence-corrected chi connectivity index (χ2v) is 10.5. The lowest BCUT2D eigenvalue weighted by molar-refractivity contribution is -0.00473. The zero-order valence-corrected chi connectivity index (χ0v) is 21.6. The van der Waals surface area contributed by atoms with Crippen LogP contribution >= 0.6 is 0 Å². The molecule has 0 heterocycles. The fourth-order valence-corrected chi connectivity index (χ4v) is 5.00. The first-order valence-corrected chi connectivity index (χ1v) is 13.1. The van der Waals surface area contributed by atoms with Crippen molar-refractivity contribution in [3.05, 3.63) is 88.6 Å². The lowest BCUT2D eigenvalue weighted by Gasteiger charge is -2.20. The van der Waals surface area contributed by atoms with E-state index in [1.54, 1.807) is 0 Å². The van der Waals surface area contributed by atoms with Crippen molar-refractivity contribution in [2.75, 3.05) is 6.61 Å². The Morgan fingerprint density at radius 2 is 1.85 bits per heavy atom. The van der Waals surface area contributed by atoms with E-state index in [-0.39, 0.29) is 5.60 Å². The molecule has 0 aromatic heterocycles. The molecule has 1 nitrogen and oxygen atoms in total. The highest BCUT2D eigenvalue weighted by molar-refractivity contribution is 5.72. The molecule has 2 atom stereocenters. The number of hydrogen-bond acceptors (Lipinski definition) is 1. The van der Waals surface area contributed by atoms with Gasteiger partial charge in [0.25, 0.3) is 0 Å². The van der Waals surface area contributed by atoms with Crippen molar-refractivity contribution in [2.24, 2.45) is 5.92 Å². The van der Waals surface area contributed by atoms with Crippen molar-refractivity contribution >= 4 is 6.08 Å². The average molecular weight is 445 g/mol. The van der Waals surface area contributed by atoms with Gasteiger partial charge in [0.05, 0.1) is 5.60 Å². The van der Waals surface area contributed by atoms with Crippen molar-refractivity contribution in [2.45, 2.75) is 91.1 Å². The largest absolute Gasteiger partial charge is 0.376 e. The van der Waals surface area contributed by atoms with Crippen LogP contribution in [0.4, 0.5) is 0 Å². The van der Waals surface area contributed by atoms with Crippen LogP contribution in [-0.4, -0.2) is 12.2 Å². The van der Waals surface area contributed by atoms with Gasteiger partial charge >= 0.3 is 0 Å². The van der Waals surface area contributed by atoms with Gasteiger partial charge in [-0.1, -0.05) is 92.1 Å². The van der Waals surface area contributed by atoms with Crippen molar-refractivity contribution in [1.82, 2.24) is 0 Å². The summed E-state index contributed by atoms with van der Waals surface area (Å²) in [6.45, 7) is 11.6. The van der Waals surface area contributed by atoms with Crippen LogP contribution in [0.3, 0.4) is 0 Å². The van der Waals surface area contributed by atoms with Crippen LogP contribution in [-0.2, 0) is 4.74 Å². The summed E-state index contributed by atoms with van der Waals surface area (Å²) in [5.41, 5.74) is 7.29. The van der Waals surface area contributed by atoms with E-state index in [0.717, 1.165) is 19.4 Å². The van der Waals surface area contributed by atoms with E-state index in [1.807, 2.05) is 0 Å². The molecule has 0 saturated carbocycles.